The van der Waals surface area contributed by atoms with E-state index >= 15 is 0 Å². The van der Waals surface area contributed by atoms with Crippen LogP contribution in [0.4, 0.5) is 0 Å². The number of nitrogens with zero attached hydrogens (tertiary/aromatic N) is 4. The number of nitriles is 2. The van der Waals surface area contributed by atoms with Crippen molar-refractivity contribution in [3.63, 3.8) is 0 Å². The van der Waals surface area contributed by atoms with Gasteiger partial charge in [0.25, 0.3) is 0 Å². The minimum atomic E-state index is 0.353. The average Bonchev–Trinajstić information content (AvgIpc) is 3.90. The number of aromatic nitrogens is 2. The molecule has 0 fully saturated rings. The van der Waals surface area contributed by atoms with Crippen molar-refractivity contribution in [2.24, 2.45) is 0 Å². The monoisotopic (exact) mass is 670 g/mol. The summed E-state index contributed by atoms with van der Waals surface area (Å²) in [7, 11) is 0. The van der Waals surface area contributed by atoms with Gasteiger partial charge in [0.05, 0.1) is 44.6 Å². The summed E-state index contributed by atoms with van der Waals surface area (Å²) in [5.74, 6) is 0. The number of hydrogen-bond donors (Lipinski definition) is 0. The number of rotatable bonds is 2. The molecule has 0 saturated heterocycles. The molecule has 4 nitrogen and oxygen atoms in total. The smallest absolute Gasteiger partial charge is 0.101 e. The van der Waals surface area contributed by atoms with Crippen LogP contribution in [0.5, 0.6) is 0 Å². The molecule has 230 valence electrons. The van der Waals surface area contributed by atoms with E-state index in [9.17, 15) is 10.5 Å². The van der Waals surface area contributed by atoms with E-state index < -0.39 is 0 Å². The van der Waals surface area contributed by atoms with Crippen LogP contribution in [0.15, 0.2) is 133 Å². The maximum Gasteiger partial charge on any atom is 0.101 e. The van der Waals surface area contributed by atoms with Crippen LogP contribution < -0.4 is 0 Å². The topological polar surface area (TPSA) is 57.4 Å². The largest absolute Gasteiger partial charge is 0.307 e. The lowest BCUT2D eigenvalue weighted by atomic mass is 10.1. The Balaban J connectivity index is 1.33. The Kier molecular flexibility index (Phi) is 5.52. The van der Waals surface area contributed by atoms with Gasteiger partial charge in [0, 0.05) is 61.9 Å². The highest BCUT2D eigenvalue weighted by molar-refractivity contribution is 7.26. The molecule has 50 heavy (non-hydrogen) atoms. The van der Waals surface area contributed by atoms with E-state index in [0.717, 1.165) is 55.0 Å². The molecule has 0 aliphatic rings. The maximum atomic E-state index is 10.4. The van der Waals surface area contributed by atoms with Crippen molar-refractivity contribution in [1.29, 1.82) is 10.5 Å². The van der Waals surface area contributed by atoms with Gasteiger partial charge in [-0.05, 0) is 60.7 Å². The third-order valence-corrected chi connectivity index (χ3v) is 12.4. The first-order valence-electron chi connectivity index (χ1n) is 16.4. The molecule has 11 rings (SSSR count). The summed E-state index contributed by atoms with van der Waals surface area (Å²) in [4.78, 5) is 0. The van der Waals surface area contributed by atoms with Gasteiger partial charge in [0.15, 0.2) is 0 Å². The summed E-state index contributed by atoms with van der Waals surface area (Å²) in [5.41, 5.74) is 6.62. The third-order valence-electron chi connectivity index (χ3n) is 10.2. The van der Waals surface area contributed by atoms with Crippen LogP contribution >= 0.6 is 22.7 Å². The minimum Gasteiger partial charge on any atom is -0.307 e. The average molecular weight is 671 g/mol. The molecule has 0 aliphatic carbocycles. The number of para-hydroxylation sites is 2. The van der Waals surface area contributed by atoms with Gasteiger partial charge in [-0.1, -0.05) is 72.8 Å². The summed E-state index contributed by atoms with van der Waals surface area (Å²) in [6, 6.07) is 51.9. The van der Waals surface area contributed by atoms with Crippen LogP contribution in [-0.4, -0.2) is 9.13 Å². The number of benzene rings is 7. The minimum absolute atomic E-state index is 0.353. The van der Waals surface area contributed by atoms with Crippen LogP contribution in [0, 0.1) is 22.7 Å². The molecule has 0 bridgehead atoms. The second-order valence-corrected chi connectivity index (χ2v) is 14.9. The molecule has 0 aliphatic heterocycles. The molecule has 0 radical (unpaired) electrons. The van der Waals surface area contributed by atoms with Gasteiger partial charge < -0.3 is 9.13 Å². The second-order valence-electron chi connectivity index (χ2n) is 12.7. The van der Waals surface area contributed by atoms with Gasteiger partial charge in [-0.15, -0.1) is 22.7 Å². The third kappa shape index (κ3) is 3.61. The zero-order valence-electron chi connectivity index (χ0n) is 26.3. The van der Waals surface area contributed by atoms with Crippen molar-refractivity contribution in [1.82, 2.24) is 9.13 Å². The molecule has 7 aromatic carbocycles. The Morgan fingerprint density at radius 1 is 0.360 bits per heavy atom. The molecular weight excluding hydrogens is 649 g/mol. The summed E-state index contributed by atoms with van der Waals surface area (Å²) in [6.45, 7) is 0. The standard InChI is InChI=1S/C44H22N4S2/c45-23-25-17-39(47-35-13-5-1-9-27(35)31-21-43-33(19-37(31)47)29-11-3-7-15-41(29)49-43)40(18-26(25)24-46)48-36-14-6-2-10-28(36)32-22-44-34(20-38(32)48)30-12-4-8-16-42(30)50-44/h1-22H. The van der Waals surface area contributed by atoms with Crippen LogP contribution in [-0.2, 0) is 0 Å². The predicted octanol–water partition coefficient (Wildman–Crippen LogP) is 12.4. The van der Waals surface area contributed by atoms with Crippen molar-refractivity contribution < 1.29 is 0 Å². The van der Waals surface area contributed by atoms with E-state index in [1.165, 1.54) is 40.3 Å². The first-order valence-corrected chi connectivity index (χ1v) is 18.0. The Labute approximate surface area is 293 Å². The predicted molar refractivity (Wildman–Crippen MR) is 210 cm³/mol. The summed E-state index contributed by atoms with van der Waals surface area (Å²) < 4.78 is 9.60. The van der Waals surface area contributed by atoms with Crippen molar-refractivity contribution in [2.75, 3.05) is 0 Å². The zero-order chi connectivity index (χ0) is 33.1. The lowest BCUT2D eigenvalue weighted by Gasteiger charge is -2.18. The highest BCUT2D eigenvalue weighted by Crippen LogP contribution is 2.44. The lowest BCUT2D eigenvalue weighted by molar-refractivity contribution is 1.09. The van der Waals surface area contributed by atoms with Crippen LogP contribution in [0.2, 0.25) is 0 Å². The molecule has 0 amide bonds. The fraction of sp³-hybridized carbons (Fsp3) is 0. The van der Waals surface area contributed by atoms with Crippen LogP contribution in [0.3, 0.4) is 0 Å². The SMILES string of the molecule is N#Cc1cc(-n2c3ccccc3c3cc4sc5ccccc5c4cc32)c(-n2c3ccccc3c3cc4sc5ccccc5c4cc32)cc1C#N. The van der Waals surface area contributed by atoms with Crippen molar-refractivity contribution >= 4 is 107 Å². The fourth-order valence-corrected chi connectivity index (χ4v) is 10.3. The number of fused-ring (bicyclic) bond motifs is 12. The van der Waals surface area contributed by atoms with E-state index in [0.29, 0.717) is 11.1 Å². The Morgan fingerprint density at radius 3 is 1.20 bits per heavy atom. The Bertz CT molecular complexity index is 3130. The van der Waals surface area contributed by atoms with E-state index in [4.69, 9.17) is 0 Å². The highest BCUT2D eigenvalue weighted by Gasteiger charge is 2.23. The molecule has 0 saturated carbocycles. The van der Waals surface area contributed by atoms with Crippen molar-refractivity contribution in [3.05, 3.63) is 145 Å². The van der Waals surface area contributed by atoms with Gasteiger partial charge in [-0.2, -0.15) is 10.5 Å². The van der Waals surface area contributed by atoms with Gasteiger partial charge in [0.2, 0.25) is 0 Å². The first-order chi connectivity index (χ1) is 24.7. The summed E-state index contributed by atoms with van der Waals surface area (Å²) in [6.07, 6.45) is 0. The van der Waals surface area contributed by atoms with E-state index in [-0.39, 0.29) is 0 Å². The second kappa shape index (κ2) is 10.0. The molecule has 4 aromatic heterocycles. The van der Waals surface area contributed by atoms with Crippen molar-refractivity contribution in [3.8, 4) is 23.5 Å². The summed E-state index contributed by atoms with van der Waals surface area (Å²) in [5, 5.41) is 30.2. The van der Waals surface area contributed by atoms with Gasteiger partial charge in [-0.3, -0.25) is 0 Å². The fourth-order valence-electron chi connectivity index (χ4n) is 8.01. The van der Waals surface area contributed by atoms with Crippen molar-refractivity contribution in [2.45, 2.75) is 0 Å². The van der Waals surface area contributed by atoms with Gasteiger partial charge in [0.1, 0.15) is 12.1 Å². The van der Waals surface area contributed by atoms with Gasteiger partial charge in [-0.25, -0.2) is 0 Å². The zero-order valence-corrected chi connectivity index (χ0v) is 27.9. The maximum absolute atomic E-state index is 10.4. The van der Waals surface area contributed by atoms with Crippen LogP contribution in [0.1, 0.15) is 11.1 Å². The molecule has 11 aromatic rings. The van der Waals surface area contributed by atoms with E-state index in [1.54, 1.807) is 0 Å². The quantitative estimate of drug-likeness (QED) is 0.184. The molecule has 0 N–H and O–H groups in total. The first kappa shape index (κ1) is 27.5. The molecule has 6 heteroatoms. The molecule has 0 atom stereocenters. The van der Waals surface area contributed by atoms with Gasteiger partial charge >= 0.3 is 0 Å². The lowest BCUT2D eigenvalue weighted by Crippen LogP contribution is -2.05. The number of hydrogen-bond acceptors (Lipinski definition) is 4. The highest BCUT2D eigenvalue weighted by atomic mass is 32.1. The normalized spacial score (nSPS) is 12.0. The van der Waals surface area contributed by atoms with Crippen LogP contribution in [0.25, 0.3) is 95.3 Å². The molecule has 0 spiro atoms. The number of thiophene rings is 2. The molecule has 0 unspecified atom stereocenters. The molecular formula is C44H22N4S2. The molecule has 4 heterocycles. The Morgan fingerprint density at radius 2 is 0.760 bits per heavy atom. The van der Waals surface area contributed by atoms with E-state index in [2.05, 4.69) is 143 Å². The summed E-state index contributed by atoms with van der Waals surface area (Å²) >= 11 is 3.63. The van der Waals surface area contributed by atoms with E-state index in [1.807, 2.05) is 34.8 Å². The Hall–Kier alpha value is -6.44.